The summed E-state index contributed by atoms with van der Waals surface area (Å²) in [6, 6.07) is 0. The molecular weight excluding hydrogens is 108 g/mol. The molecule has 46 valence electrons. The third-order valence-corrected chi connectivity index (χ3v) is 1.13. The average Bonchev–Trinajstić information content (AvgIpc) is 1.82. The van der Waals surface area contributed by atoms with Crippen molar-refractivity contribution >= 4 is 5.97 Å². The Bertz CT molecular complexity index is 117. The first-order valence-electron chi connectivity index (χ1n) is 2.54. The Hall–Kier alpha value is -0.570. The molecule has 3 nitrogen and oxygen atoms in total. The smallest absolute Gasteiger partial charge is 0.308 e. The van der Waals surface area contributed by atoms with E-state index >= 15 is 0 Å². The van der Waals surface area contributed by atoms with Crippen molar-refractivity contribution < 1.29 is 14.6 Å². The van der Waals surface area contributed by atoms with Crippen molar-refractivity contribution in [3.63, 3.8) is 0 Å². The first kappa shape index (κ1) is 5.56. The van der Waals surface area contributed by atoms with E-state index in [2.05, 4.69) is 4.74 Å². The third kappa shape index (κ3) is 0.980. The monoisotopic (exact) mass is 116 g/mol. The molecule has 0 bridgehead atoms. The number of carbonyl (C=O) groups excluding carboxylic acids is 1. The maximum Gasteiger partial charge on any atom is 0.308 e. The van der Waals surface area contributed by atoms with Gasteiger partial charge in [-0.25, -0.2) is 0 Å². The molecule has 1 atom stereocenters. The quantitative estimate of drug-likeness (QED) is 0.454. The van der Waals surface area contributed by atoms with Crippen LogP contribution in [0.1, 0.15) is 19.8 Å². The zero-order valence-electron chi connectivity index (χ0n) is 4.68. The molecule has 0 aliphatic carbocycles. The highest BCUT2D eigenvalue weighted by Gasteiger charge is 2.32. The van der Waals surface area contributed by atoms with Gasteiger partial charge >= 0.3 is 5.97 Å². The van der Waals surface area contributed by atoms with E-state index in [4.69, 9.17) is 5.11 Å². The van der Waals surface area contributed by atoms with E-state index in [0.717, 1.165) is 0 Å². The van der Waals surface area contributed by atoms with Gasteiger partial charge in [0.05, 0.1) is 6.42 Å². The Morgan fingerprint density at radius 2 is 2.50 bits per heavy atom. The van der Waals surface area contributed by atoms with Crippen molar-refractivity contribution in [1.82, 2.24) is 0 Å². The van der Waals surface area contributed by atoms with E-state index in [0.29, 0.717) is 12.8 Å². The molecule has 0 aromatic carbocycles. The van der Waals surface area contributed by atoms with Crippen molar-refractivity contribution in [2.75, 3.05) is 0 Å². The SMILES string of the molecule is C[C@]1(O)CCC(=O)O1. The number of hydrogen-bond donors (Lipinski definition) is 1. The summed E-state index contributed by atoms with van der Waals surface area (Å²) >= 11 is 0. The van der Waals surface area contributed by atoms with Crippen LogP contribution in [0.25, 0.3) is 0 Å². The Kier molecular flexibility index (Phi) is 1.01. The lowest BCUT2D eigenvalue weighted by Gasteiger charge is -2.12. The molecule has 0 unspecified atom stereocenters. The summed E-state index contributed by atoms with van der Waals surface area (Å²) in [5.41, 5.74) is 0. The molecule has 1 fully saturated rings. The fourth-order valence-electron chi connectivity index (χ4n) is 0.681. The van der Waals surface area contributed by atoms with Gasteiger partial charge in [0, 0.05) is 13.3 Å². The molecule has 0 aromatic rings. The molecule has 1 aliphatic rings. The fraction of sp³-hybridized carbons (Fsp3) is 0.800. The summed E-state index contributed by atoms with van der Waals surface area (Å²) < 4.78 is 4.47. The predicted molar refractivity (Wildman–Crippen MR) is 25.9 cm³/mol. The van der Waals surface area contributed by atoms with E-state index in [-0.39, 0.29) is 5.97 Å². The first-order chi connectivity index (χ1) is 3.60. The van der Waals surface area contributed by atoms with E-state index in [1.54, 1.807) is 0 Å². The second kappa shape index (κ2) is 1.45. The minimum Gasteiger partial charge on any atom is -0.434 e. The van der Waals surface area contributed by atoms with Crippen molar-refractivity contribution in [3.05, 3.63) is 0 Å². The van der Waals surface area contributed by atoms with Crippen LogP contribution in [0.2, 0.25) is 0 Å². The fourth-order valence-corrected chi connectivity index (χ4v) is 0.681. The summed E-state index contributed by atoms with van der Waals surface area (Å²) in [6.45, 7) is 1.48. The molecule has 0 spiro atoms. The van der Waals surface area contributed by atoms with Crippen LogP contribution in [-0.4, -0.2) is 16.9 Å². The van der Waals surface area contributed by atoms with Crippen LogP contribution in [-0.2, 0) is 9.53 Å². The van der Waals surface area contributed by atoms with E-state index in [1.165, 1.54) is 6.92 Å². The van der Waals surface area contributed by atoms with E-state index in [1.807, 2.05) is 0 Å². The minimum atomic E-state index is -1.18. The van der Waals surface area contributed by atoms with Gasteiger partial charge in [-0.2, -0.15) is 0 Å². The summed E-state index contributed by atoms with van der Waals surface area (Å²) in [6.07, 6.45) is 0.763. The van der Waals surface area contributed by atoms with Crippen LogP contribution in [0.4, 0.5) is 0 Å². The second-order valence-electron chi connectivity index (χ2n) is 2.15. The molecule has 0 aromatic heterocycles. The summed E-state index contributed by atoms with van der Waals surface area (Å²) in [5, 5.41) is 8.92. The zero-order chi connectivity index (χ0) is 6.20. The van der Waals surface area contributed by atoms with Crippen molar-refractivity contribution in [1.29, 1.82) is 0 Å². The van der Waals surface area contributed by atoms with Crippen LogP contribution in [0, 0.1) is 0 Å². The van der Waals surface area contributed by atoms with Crippen LogP contribution in [0.3, 0.4) is 0 Å². The van der Waals surface area contributed by atoms with E-state index < -0.39 is 5.79 Å². The Morgan fingerprint density at radius 1 is 1.88 bits per heavy atom. The lowest BCUT2D eigenvalue weighted by molar-refractivity contribution is -0.180. The van der Waals surface area contributed by atoms with Crippen LogP contribution >= 0.6 is 0 Å². The van der Waals surface area contributed by atoms with Crippen LogP contribution in [0.5, 0.6) is 0 Å². The molecule has 0 radical (unpaired) electrons. The Labute approximate surface area is 47.3 Å². The molecular formula is C5H8O3. The number of cyclic esters (lactones) is 1. The van der Waals surface area contributed by atoms with E-state index in [9.17, 15) is 4.79 Å². The average molecular weight is 116 g/mol. The van der Waals surface area contributed by atoms with Gasteiger partial charge in [0.25, 0.3) is 0 Å². The van der Waals surface area contributed by atoms with Gasteiger partial charge in [0.15, 0.2) is 0 Å². The van der Waals surface area contributed by atoms with Crippen molar-refractivity contribution in [2.45, 2.75) is 25.6 Å². The highest BCUT2D eigenvalue weighted by Crippen LogP contribution is 2.21. The lowest BCUT2D eigenvalue weighted by Crippen LogP contribution is -2.21. The summed E-state index contributed by atoms with van der Waals surface area (Å²) in [7, 11) is 0. The largest absolute Gasteiger partial charge is 0.434 e. The second-order valence-corrected chi connectivity index (χ2v) is 2.15. The number of hydrogen-bond acceptors (Lipinski definition) is 3. The molecule has 8 heavy (non-hydrogen) atoms. The van der Waals surface area contributed by atoms with Crippen LogP contribution in [0.15, 0.2) is 0 Å². The third-order valence-electron chi connectivity index (χ3n) is 1.13. The first-order valence-corrected chi connectivity index (χ1v) is 2.54. The van der Waals surface area contributed by atoms with Crippen molar-refractivity contribution in [3.8, 4) is 0 Å². The summed E-state index contributed by atoms with van der Waals surface area (Å²) in [5.74, 6) is -1.49. The number of esters is 1. The van der Waals surface area contributed by atoms with Gasteiger partial charge in [-0.15, -0.1) is 0 Å². The van der Waals surface area contributed by atoms with Crippen molar-refractivity contribution in [2.24, 2.45) is 0 Å². The molecule has 1 N–H and O–H groups in total. The molecule has 3 heteroatoms. The number of aliphatic hydroxyl groups is 1. The molecule has 1 saturated heterocycles. The number of ether oxygens (including phenoxy) is 1. The molecule has 0 saturated carbocycles. The number of carbonyl (C=O) groups is 1. The predicted octanol–water partition coefficient (Wildman–Crippen LogP) is 0.0319. The normalized spacial score (nSPS) is 37.5. The van der Waals surface area contributed by atoms with Gasteiger partial charge in [-0.3, -0.25) is 4.79 Å². The van der Waals surface area contributed by atoms with Gasteiger partial charge in [-0.05, 0) is 0 Å². The highest BCUT2D eigenvalue weighted by atomic mass is 16.7. The number of rotatable bonds is 0. The maximum absolute atomic E-state index is 10.3. The van der Waals surface area contributed by atoms with Gasteiger partial charge in [0.1, 0.15) is 0 Å². The molecule has 1 aliphatic heterocycles. The summed E-state index contributed by atoms with van der Waals surface area (Å²) in [4.78, 5) is 10.3. The molecule has 0 amide bonds. The van der Waals surface area contributed by atoms with Crippen LogP contribution < -0.4 is 0 Å². The Balaban J connectivity index is 2.56. The molecule has 1 heterocycles. The Morgan fingerprint density at radius 3 is 2.62 bits per heavy atom. The maximum atomic E-state index is 10.3. The topological polar surface area (TPSA) is 46.5 Å². The molecule has 1 rings (SSSR count). The standard InChI is InChI=1S/C5H8O3/c1-5(7)3-2-4(6)8-5/h7H,2-3H2,1H3/t5-/m1/s1. The van der Waals surface area contributed by atoms with Gasteiger partial charge in [0.2, 0.25) is 5.79 Å². The zero-order valence-corrected chi connectivity index (χ0v) is 4.68. The van der Waals surface area contributed by atoms with Gasteiger partial charge in [-0.1, -0.05) is 0 Å². The lowest BCUT2D eigenvalue weighted by atomic mass is 10.2. The van der Waals surface area contributed by atoms with Gasteiger partial charge < -0.3 is 9.84 Å². The highest BCUT2D eigenvalue weighted by molar-refractivity contribution is 5.71. The minimum absolute atomic E-state index is 0.310.